The Kier molecular flexibility index (Phi) is 4.40. The number of nitrogens with one attached hydrogen (secondary N) is 1. The lowest BCUT2D eigenvalue weighted by molar-refractivity contribution is 0.988. The first-order valence-corrected chi connectivity index (χ1v) is 6.96. The minimum Gasteiger partial charge on any atom is -0.365 e. The molecule has 2 rings (SSSR count). The Morgan fingerprint density at radius 2 is 1.56 bits per heavy atom. The van der Waals surface area contributed by atoms with E-state index in [9.17, 15) is 5.26 Å². The van der Waals surface area contributed by atoms with E-state index in [1.165, 1.54) is 0 Å². The van der Waals surface area contributed by atoms with Crippen LogP contribution in [0.3, 0.4) is 0 Å². The molecule has 2 nitrogen and oxygen atoms in total. The highest BCUT2D eigenvalue weighted by Gasteiger charge is 2.13. The van der Waals surface area contributed by atoms with Crippen LogP contribution in [0.25, 0.3) is 0 Å². The van der Waals surface area contributed by atoms with E-state index in [-0.39, 0.29) is 6.04 Å². The molecule has 0 saturated heterocycles. The van der Waals surface area contributed by atoms with Crippen molar-refractivity contribution in [3.05, 3.63) is 63.0 Å². The summed E-state index contributed by atoms with van der Waals surface area (Å²) < 4.78 is 1.87. The van der Waals surface area contributed by atoms with Crippen LogP contribution in [0.5, 0.6) is 0 Å². The fourth-order valence-corrected chi connectivity index (χ4v) is 2.54. The molecular formula is C14H10Br2N2. The van der Waals surface area contributed by atoms with Crippen LogP contribution < -0.4 is 5.32 Å². The largest absolute Gasteiger partial charge is 0.365 e. The van der Waals surface area contributed by atoms with Crippen molar-refractivity contribution in [2.45, 2.75) is 6.04 Å². The summed E-state index contributed by atoms with van der Waals surface area (Å²) in [6.45, 7) is 0. The Morgan fingerprint density at radius 3 is 2.17 bits per heavy atom. The zero-order valence-electron chi connectivity index (χ0n) is 9.40. The Balaban J connectivity index is 2.30. The van der Waals surface area contributed by atoms with Crippen molar-refractivity contribution in [2.75, 3.05) is 5.32 Å². The van der Waals surface area contributed by atoms with Crippen LogP contribution in [0, 0.1) is 11.3 Å². The van der Waals surface area contributed by atoms with E-state index in [1.807, 2.05) is 48.5 Å². The fraction of sp³-hybridized carbons (Fsp3) is 0.0714. The van der Waals surface area contributed by atoms with Crippen LogP contribution in [-0.2, 0) is 0 Å². The molecule has 0 heterocycles. The SMILES string of the molecule is N#CC(Nc1ccccc1Br)c1ccccc1Br. The van der Waals surface area contributed by atoms with Crippen molar-refractivity contribution in [3.63, 3.8) is 0 Å². The van der Waals surface area contributed by atoms with Gasteiger partial charge < -0.3 is 5.32 Å². The molecule has 0 aliphatic carbocycles. The molecule has 2 aromatic carbocycles. The zero-order valence-corrected chi connectivity index (χ0v) is 12.6. The van der Waals surface area contributed by atoms with E-state index in [1.54, 1.807) is 0 Å². The molecule has 1 atom stereocenters. The van der Waals surface area contributed by atoms with Gasteiger partial charge in [-0.05, 0) is 34.1 Å². The molecule has 0 fully saturated rings. The van der Waals surface area contributed by atoms with Gasteiger partial charge in [-0.3, -0.25) is 0 Å². The van der Waals surface area contributed by atoms with Gasteiger partial charge in [-0.15, -0.1) is 0 Å². The van der Waals surface area contributed by atoms with Crippen molar-refractivity contribution >= 4 is 37.5 Å². The normalized spacial score (nSPS) is 11.6. The van der Waals surface area contributed by atoms with E-state index >= 15 is 0 Å². The maximum Gasteiger partial charge on any atom is 0.141 e. The second-order valence-electron chi connectivity index (χ2n) is 3.71. The summed E-state index contributed by atoms with van der Waals surface area (Å²) in [5.41, 5.74) is 1.83. The van der Waals surface area contributed by atoms with Crippen molar-refractivity contribution in [1.82, 2.24) is 0 Å². The zero-order chi connectivity index (χ0) is 13.0. The minimum absolute atomic E-state index is 0.390. The van der Waals surface area contributed by atoms with Crippen LogP contribution in [-0.4, -0.2) is 0 Å². The maximum absolute atomic E-state index is 9.31. The predicted molar refractivity (Wildman–Crippen MR) is 80.3 cm³/mol. The molecule has 90 valence electrons. The van der Waals surface area contributed by atoms with Gasteiger partial charge in [0.2, 0.25) is 0 Å². The third-order valence-electron chi connectivity index (χ3n) is 2.52. The van der Waals surface area contributed by atoms with Crippen LogP contribution in [0.4, 0.5) is 5.69 Å². The summed E-state index contributed by atoms with van der Waals surface area (Å²) >= 11 is 6.93. The Labute approximate surface area is 123 Å². The molecule has 4 heteroatoms. The van der Waals surface area contributed by atoms with E-state index in [0.29, 0.717) is 0 Å². The van der Waals surface area contributed by atoms with Gasteiger partial charge in [-0.2, -0.15) is 5.26 Å². The molecule has 0 aliphatic heterocycles. The monoisotopic (exact) mass is 364 g/mol. The number of benzene rings is 2. The number of hydrogen-bond acceptors (Lipinski definition) is 2. The summed E-state index contributed by atoms with van der Waals surface area (Å²) in [5.74, 6) is 0. The highest BCUT2D eigenvalue weighted by Crippen LogP contribution is 2.29. The summed E-state index contributed by atoms with van der Waals surface area (Å²) in [5, 5.41) is 12.5. The molecule has 0 amide bonds. The summed E-state index contributed by atoms with van der Waals surface area (Å²) in [7, 11) is 0. The maximum atomic E-state index is 9.31. The minimum atomic E-state index is -0.390. The van der Waals surface area contributed by atoms with Crippen LogP contribution in [0.2, 0.25) is 0 Å². The van der Waals surface area contributed by atoms with E-state index < -0.39 is 0 Å². The van der Waals surface area contributed by atoms with Crippen molar-refractivity contribution in [3.8, 4) is 6.07 Å². The van der Waals surface area contributed by atoms with Gasteiger partial charge in [-0.1, -0.05) is 46.3 Å². The quantitative estimate of drug-likeness (QED) is 0.840. The van der Waals surface area contributed by atoms with Gasteiger partial charge in [0.15, 0.2) is 0 Å². The third-order valence-corrected chi connectivity index (χ3v) is 3.93. The second kappa shape index (κ2) is 6.03. The second-order valence-corrected chi connectivity index (χ2v) is 5.42. The number of nitriles is 1. The molecule has 0 aromatic heterocycles. The van der Waals surface area contributed by atoms with Gasteiger partial charge in [-0.25, -0.2) is 0 Å². The number of hydrogen-bond donors (Lipinski definition) is 1. The predicted octanol–water partition coefficient (Wildman–Crippen LogP) is 4.89. The van der Waals surface area contributed by atoms with E-state index in [0.717, 1.165) is 20.2 Å². The van der Waals surface area contributed by atoms with Crippen LogP contribution in [0.15, 0.2) is 57.5 Å². The molecular weight excluding hydrogens is 356 g/mol. The molecule has 0 aliphatic rings. The Hall–Kier alpha value is -1.31. The Morgan fingerprint density at radius 1 is 0.944 bits per heavy atom. The third kappa shape index (κ3) is 2.92. The van der Waals surface area contributed by atoms with E-state index in [4.69, 9.17) is 0 Å². The smallest absolute Gasteiger partial charge is 0.141 e. The average molecular weight is 366 g/mol. The van der Waals surface area contributed by atoms with E-state index in [2.05, 4.69) is 43.2 Å². The molecule has 0 saturated carbocycles. The number of anilines is 1. The van der Waals surface area contributed by atoms with Gasteiger partial charge in [0, 0.05) is 20.2 Å². The summed E-state index contributed by atoms with van der Waals surface area (Å²) in [4.78, 5) is 0. The Bertz CT molecular complexity index is 590. The highest BCUT2D eigenvalue weighted by molar-refractivity contribution is 9.11. The highest BCUT2D eigenvalue weighted by atomic mass is 79.9. The molecule has 18 heavy (non-hydrogen) atoms. The fourth-order valence-electron chi connectivity index (χ4n) is 1.62. The summed E-state index contributed by atoms with van der Waals surface area (Å²) in [6.07, 6.45) is 0. The topological polar surface area (TPSA) is 35.8 Å². The van der Waals surface area contributed by atoms with Crippen molar-refractivity contribution in [2.24, 2.45) is 0 Å². The van der Waals surface area contributed by atoms with Gasteiger partial charge in [0.25, 0.3) is 0 Å². The molecule has 1 unspecified atom stereocenters. The molecule has 1 N–H and O–H groups in total. The first-order chi connectivity index (χ1) is 8.72. The molecule has 0 radical (unpaired) electrons. The van der Waals surface area contributed by atoms with Crippen molar-refractivity contribution in [1.29, 1.82) is 5.26 Å². The number of halogens is 2. The summed E-state index contributed by atoms with van der Waals surface area (Å²) in [6, 6.07) is 17.4. The molecule has 0 bridgehead atoms. The first-order valence-electron chi connectivity index (χ1n) is 5.37. The first kappa shape index (κ1) is 13.1. The lowest BCUT2D eigenvalue weighted by atomic mass is 10.1. The van der Waals surface area contributed by atoms with Crippen LogP contribution >= 0.6 is 31.9 Å². The number of rotatable bonds is 3. The number of nitrogens with zero attached hydrogens (tertiary/aromatic N) is 1. The van der Waals surface area contributed by atoms with Crippen molar-refractivity contribution < 1.29 is 0 Å². The molecule has 0 spiro atoms. The van der Waals surface area contributed by atoms with Gasteiger partial charge in [0.1, 0.15) is 6.04 Å². The van der Waals surface area contributed by atoms with Gasteiger partial charge in [0.05, 0.1) is 6.07 Å². The number of para-hydroxylation sites is 1. The average Bonchev–Trinajstić information content (AvgIpc) is 2.39. The lowest BCUT2D eigenvalue weighted by Crippen LogP contribution is -2.09. The lowest BCUT2D eigenvalue weighted by Gasteiger charge is -2.15. The molecule has 2 aromatic rings. The standard InChI is InChI=1S/C14H10Br2N2/c15-11-6-2-1-5-10(11)14(9-17)18-13-8-4-3-7-12(13)16/h1-8,14,18H. The van der Waals surface area contributed by atoms with Crippen LogP contribution in [0.1, 0.15) is 11.6 Å². The van der Waals surface area contributed by atoms with Gasteiger partial charge >= 0.3 is 0 Å².